The van der Waals surface area contributed by atoms with Crippen molar-refractivity contribution in [3.8, 4) is 5.75 Å². The summed E-state index contributed by atoms with van der Waals surface area (Å²) in [5, 5.41) is 2.67. The summed E-state index contributed by atoms with van der Waals surface area (Å²) >= 11 is 1.48. The number of amides is 2. The lowest BCUT2D eigenvalue weighted by Crippen LogP contribution is -2.30. The zero-order chi connectivity index (χ0) is 17.5. The molecule has 0 saturated heterocycles. The lowest BCUT2D eigenvalue weighted by atomic mass is 10.1. The van der Waals surface area contributed by atoms with Crippen LogP contribution < -0.4 is 15.8 Å². The molecule has 0 aliphatic rings. The van der Waals surface area contributed by atoms with Crippen molar-refractivity contribution >= 4 is 23.6 Å². The van der Waals surface area contributed by atoms with Crippen LogP contribution in [-0.4, -0.2) is 24.2 Å². The standard InChI is InChI=1S/C18H20N2O3S/c1-12(24-16-9-7-15(23-2)8-10-16)18(22)20-11-13-3-5-14(6-4-13)17(19)21/h3-10,12H,11H2,1-2H3,(H2,19,21)(H,20,22). The van der Waals surface area contributed by atoms with Crippen LogP contribution in [0.4, 0.5) is 0 Å². The summed E-state index contributed by atoms with van der Waals surface area (Å²) in [7, 11) is 1.62. The van der Waals surface area contributed by atoms with E-state index in [4.69, 9.17) is 10.5 Å². The molecule has 2 aromatic rings. The molecule has 5 nitrogen and oxygen atoms in total. The van der Waals surface area contributed by atoms with Gasteiger partial charge in [-0.3, -0.25) is 9.59 Å². The first-order chi connectivity index (χ1) is 11.5. The molecule has 0 heterocycles. The highest BCUT2D eigenvalue weighted by atomic mass is 32.2. The molecule has 2 amide bonds. The fourth-order valence-corrected chi connectivity index (χ4v) is 2.92. The number of rotatable bonds is 7. The Bertz CT molecular complexity index is 699. The van der Waals surface area contributed by atoms with Crippen molar-refractivity contribution in [1.82, 2.24) is 5.32 Å². The van der Waals surface area contributed by atoms with Crippen LogP contribution in [0.2, 0.25) is 0 Å². The van der Waals surface area contributed by atoms with E-state index in [9.17, 15) is 9.59 Å². The van der Waals surface area contributed by atoms with Gasteiger partial charge in [0.25, 0.3) is 0 Å². The number of nitrogens with two attached hydrogens (primary N) is 1. The second-order valence-corrected chi connectivity index (χ2v) is 6.63. The van der Waals surface area contributed by atoms with Gasteiger partial charge in [-0.2, -0.15) is 0 Å². The van der Waals surface area contributed by atoms with Crippen molar-refractivity contribution in [2.24, 2.45) is 5.73 Å². The van der Waals surface area contributed by atoms with Gasteiger partial charge in [0.05, 0.1) is 12.4 Å². The molecule has 1 atom stereocenters. The topological polar surface area (TPSA) is 81.4 Å². The van der Waals surface area contributed by atoms with Crippen LogP contribution in [0.1, 0.15) is 22.8 Å². The summed E-state index contributed by atoms with van der Waals surface area (Å²) in [5.41, 5.74) is 6.56. The Hall–Kier alpha value is -2.47. The van der Waals surface area contributed by atoms with Crippen LogP contribution in [0.3, 0.4) is 0 Å². The van der Waals surface area contributed by atoms with E-state index < -0.39 is 5.91 Å². The number of hydrogen-bond acceptors (Lipinski definition) is 4. The zero-order valence-electron chi connectivity index (χ0n) is 13.6. The number of methoxy groups -OCH3 is 1. The van der Waals surface area contributed by atoms with Crippen molar-refractivity contribution in [2.75, 3.05) is 7.11 Å². The maximum Gasteiger partial charge on any atom is 0.248 e. The van der Waals surface area contributed by atoms with Crippen LogP contribution in [0.5, 0.6) is 5.75 Å². The summed E-state index contributed by atoms with van der Waals surface area (Å²) in [5.74, 6) is 0.278. The molecule has 0 fully saturated rings. The molecule has 126 valence electrons. The van der Waals surface area contributed by atoms with Crippen LogP contribution >= 0.6 is 11.8 Å². The predicted molar refractivity (Wildman–Crippen MR) is 95.1 cm³/mol. The molecule has 0 saturated carbocycles. The number of primary amides is 1. The summed E-state index contributed by atoms with van der Waals surface area (Å²) < 4.78 is 5.11. The number of nitrogens with one attached hydrogen (secondary N) is 1. The quantitative estimate of drug-likeness (QED) is 0.757. The van der Waals surface area contributed by atoms with E-state index in [0.717, 1.165) is 16.2 Å². The molecule has 0 aliphatic carbocycles. The van der Waals surface area contributed by atoms with E-state index in [0.29, 0.717) is 12.1 Å². The zero-order valence-corrected chi connectivity index (χ0v) is 14.4. The summed E-state index contributed by atoms with van der Waals surface area (Å²) in [6.45, 7) is 2.27. The summed E-state index contributed by atoms with van der Waals surface area (Å²) in [4.78, 5) is 24.2. The normalized spacial score (nSPS) is 11.6. The molecule has 2 rings (SSSR count). The largest absolute Gasteiger partial charge is 0.497 e. The fourth-order valence-electron chi connectivity index (χ4n) is 2.03. The number of benzene rings is 2. The maximum absolute atomic E-state index is 12.2. The van der Waals surface area contributed by atoms with Gasteiger partial charge in [0.1, 0.15) is 5.75 Å². The van der Waals surface area contributed by atoms with Crippen LogP contribution in [0.15, 0.2) is 53.4 Å². The Morgan fingerprint density at radius 2 is 1.75 bits per heavy atom. The van der Waals surface area contributed by atoms with Gasteiger partial charge in [0.15, 0.2) is 0 Å². The molecule has 0 radical (unpaired) electrons. The Kier molecular flexibility index (Phi) is 6.26. The monoisotopic (exact) mass is 344 g/mol. The second-order valence-electron chi connectivity index (χ2n) is 5.21. The van der Waals surface area contributed by atoms with Gasteiger partial charge in [0.2, 0.25) is 11.8 Å². The Morgan fingerprint density at radius 3 is 2.29 bits per heavy atom. The molecule has 0 aromatic heterocycles. The molecule has 0 spiro atoms. The highest BCUT2D eigenvalue weighted by Crippen LogP contribution is 2.25. The molecule has 0 bridgehead atoms. The smallest absolute Gasteiger partial charge is 0.248 e. The summed E-state index contributed by atoms with van der Waals surface area (Å²) in [6.07, 6.45) is 0. The van der Waals surface area contributed by atoms with E-state index in [1.165, 1.54) is 11.8 Å². The van der Waals surface area contributed by atoms with Crippen molar-refractivity contribution in [2.45, 2.75) is 23.6 Å². The van der Waals surface area contributed by atoms with E-state index in [1.54, 1.807) is 31.4 Å². The third-order valence-corrected chi connectivity index (χ3v) is 4.56. The fraction of sp³-hybridized carbons (Fsp3) is 0.222. The number of carbonyl (C=O) groups is 2. The van der Waals surface area contributed by atoms with Gasteiger partial charge in [-0.15, -0.1) is 11.8 Å². The van der Waals surface area contributed by atoms with Crippen molar-refractivity contribution in [1.29, 1.82) is 0 Å². The van der Waals surface area contributed by atoms with E-state index in [2.05, 4.69) is 5.32 Å². The molecule has 24 heavy (non-hydrogen) atoms. The van der Waals surface area contributed by atoms with Gasteiger partial charge >= 0.3 is 0 Å². The highest BCUT2D eigenvalue weighted by Gasteiger charge is 2.14. The molecular formula is C18H20N2O3S. The van der Waals surface area contributed by atoms with E-state index in [-0.39, 0.29) is 11.2 Å². The molecule has 3 N–H and O–H groups in total. The van der Waals surface area contributed by atoms with E-state index >= 15 is 0 Å². The van der Waals surface area contributed by atoms with Crippen molar-refractivity contribution in [3.63, 3.8) is 0 Å². The average Bonchev–Trinajstić information content (AvgIpc) is 2.60. The third kappa shape index (κ3) is 5.03. The minimum atomic E-state index is -0.463. The lowest BCUT2D eigenvalue weighted by molar-refractivity contribution is -0.120. The SMILES string of the molecule is COc1ccc(SC(C)C(=O)NCc2ccc(C(N)=O)cc2)cc1. The Labute approximate surface area is 145 Å². The molecule has 0 aliphatic heterocycles. The Balaban J connectivity index is 1.85. The second kappa shape index (κ2) is 8.40. The highest BCUT2D eigenvalue weighted by molar-refractivity contribution is 8.00. The molecular weight excluding hydrogens is 324 g/mol. The van der Waals surface area contributed by atoms with Crippen LogP contribution in [-0.2, 0) is 11.3 Å². The van der Waals surface area contributed by atoms with Crippen molar-refractivity contribution < 1.29 is 14.3 Å². The summed E-state index contributed by atoms with van der Waals surface area (Å²) in [6, 6.07) is 14.5. The van der Waals surface area contributed by atoms with Gasteiger partial charge < -0.3 is 15.8 Å². The van der Waals surface area contributed by atoms with Gasteiger partial charge in [-0.1, -0.05) is 12.1 Å². The minimum absolute atomic E-state index is 0.0465. The number of ether oxygens (including phenoxy) is 1. The first-order valence-electron chi connectivity index (χ1n) is 7.46. The minimum Gasteiger partial charge on any atom is -0.497 e. The number of carbonyl (C=O) groups excluding carboxylic acids is 2. The van der Waals surface area contributed by atoms with Crippen LogP contribution in [0, 0.1) is 0 Å². The van der Waals surface area contributed by atoms with Crippen LogP contribution in [0.25, 0.3) is 0 Å². The first kappa shape index (κ1) is 17.9. The van der Waals surface area contributed by atoms with Gasteiger partial charge in [0, 0.05) is 17.0 Å². The molecule has 6 heteroatoms. The Morgan fingerprint density at radius 1 is 1.12 bits per heavy atom. The lowest BCUT2D eigenvalue weighted by Gasteiger charge is -2.12. The number of hydrogen-bond donors (Lipinski definition) is 2. The average molecular weight is 344 g/mol. The first-order valence-corrected chi connectivity index (χ1v) is 8.34. The van der Waals surface area contributed by atoms with Gasteiger partial charge in [-0.25, -0.2) is 0 Å². The number of thioether (sulfide) groups is 1. The van der Waals surface area contributed by atoms with Crippen molar-refractivity contribution in [3.05, 3.63) is 59.7 Å². The maximum atomic E-state index is 12.2. The van der Waals surface area contributed by atoms with E-state index in [1.807, 2.05) is 31.2 Å². The van der Waals surface area contributed by atoms with Gasteiger partial charge in [-0.05, 0) is 48.9 Å². The predicted octanol–water partition coefficient (Wildman–Crippen LogP) is 2.59. The molecule has 2 aromatic carbocycles. The third-order valence-electron chi connectivity index (χ3n) is 3.45. The molecule has 1 unspecified atom stereocenters.